The molecule has 1 aromatic carbocycles. The molecule has 0 spiro atoms. The lowest BCUT2D eigenvalue weighted by atomic mass is 10.1. The molecule has 0 unspecified atom stereocenters. The number of anilines is 3. The molecule has 0 aliphatic heterocycles. The molecule has 0 saturated heterocycles. The minimum Gasteiger partial charge on any atom is -0.381 e. The lowest BCUT2D eigenvalue weighted by Gasteiger charge is -2.21. The van der Waals surface area contributed by atoms with Crippen LogP contribution < -0.4 is 10.6 Å². The summed E-state index contributed by atoms with van der Waals surface area (Å²) in [5, 5.41) is 0. The first-order valence-corrected chi connectivity index (χ1v) is 5.47. The van der Waals surface area contributed by atoms with Crippen molar-refractivity contribution in [1.82, 2.24) is 9.97 Å². The summed E-state index contributed by atoms with van der Waals surface area (Å²) < 4.78 is 0. The van der Waals surface area contributed by atoms with E-state index in [0.29, 0.717) is 11.6 Å². The van der Waals surface area contributed by atoms with Crippen LogP contribution in [0.3, 0.4) is 0 Å². The summed E-state index contributed by atoms with van der Waals surface area (Å²) in [4.78, 5) is 10.3. The minimum absolute atomic E-state index is 0.440. The number of hydrogen-bond acceptors (Lipinski definition) is 4. The van der Waals surface area contributed by atoms with Crippen LogP contribution in [0.1, 0.15) is 11.1 Å². The number of rotatable bonds is 2. The summed E-state index contributed by atoms with van der Waals surface area (Å²) in [5.74, 6) is 1.12. The molecule has 2 N–H and O–H groups in total. The van der Waals surface area contributed by atoms with Gasteiger partial charge in [-0.2, -0.15) is 0 Å². The van der Waals surface area contributed by atoms with Crippen molar-refractivity contribution in [1.29, 1.82) is 0 Å². The fourth-order valence-corrected chi connectivity index (χ4v) is 1.90. The zero-order valence-corrected chi connectivity index (χ0v) is 10.3. The number of nitrogen functional groups attached to an aromatic ring is 1. The van der Waals surface area contributed by atoms with E-state index in [9.17, 15) is 0 Å². The van der Waals surface area contributed by atoms with Crippen molar-refractivity contribution in [3.63, 3.8) is 0 Å². The van der Waals surface area contributed by atoms with Gasteiger partial charge < -0.3 is 10.6 Å². The Labute approximate surface area is 101 Å². The first-order chi connectivity index (χ1) is 8.09. The second-order valence-corrected chi connectivity index (χ2v) is 4.11. The Morgan fingerprint density at radius 3 is 2.47 bits per heavy atom. The molecule has 0 radical (unpaired) electrons. The van der Waals surface area contributed by atoms with Gasteiger partial charge in [0.2, 0.25) is 0 Å². The maximum absolute atomic E-state index is 5.82. The van der Waals surface area contributed by atoms with Gasteiger partial charge in [0.15, 0.2) is 11.6 Å². The molecule has 4 heteroatoms. The fourth-order valence-electron chi connectivity index (χ4n) is 1.90. The van der Waals surface area contributed by atoms with E-state index >= 15 is 0 Å². The number of benzene rings is 1. The average molecular weight is 228 g/mol. The second kappa shape index (κ2) is 4.41. The topological polar surface area (TPSA) is 55.0 Å². The standard InChI is InChI=1S/C13H16N4/c1-9-4-5-11(10(2)8-9)17(3)13-12(14)15-6-7-16-13/h4-8H,1-3H3,(H2,14,15). The number of nitrogens with two attached hydrogens (primary N) is 1. The van der Waals surface area contributed by atoms with Gasteiger partial charge in [0.25, 0.3) is 0 Å². The van der Waals surface area contributed by atoms with Crippen molar-refractivity contribution in [3.05, 3.63) is 41.7 Å². The zero-order chi connectivity index (χ0) is 12.4. The van der Waals surface area contributed by atoms with E-state index in [1.807, 2.05) is 11.9 Å². The Bertz CT molecular complexity index is 537. The Balaban J connectivity index is 2.44. The molecule has 0 atom stereocenters. The molecule has 0 fully saturated rings. The molecule has 0 bridgehead atoms. The SMILES string of the molecule is Cc1ccc(N(C)c2nccnc2N)c(C)c1. The van der Waals surface area contributed by atoms with Crippen LogP contribution in [0.4, 0.5) is 17.3 Å². The lowest BCUT2D eigenvalue weighted by molar-refractivity contribution is 1.08. The summed E-state index contributed by atoms with van der Waals surface area (Å²) in [6, 6.07) is 6.28. The van der Waals surface area contributed by atoms with E-state index in [1.165, 1.54) is 11.1 Å². The largest absolute Gasteiger partial charge is 0.381 e. The first-order valence-electron chi connectivity index (χ1n) is 5.47. The third-order valence-electron chi connectivity index (χ3n) is 2.74. The van der Waals surface area contributed by atoms with E-state index in [2.05, 4.69) is 42.0 Å². The molecule has 1 heterocycles. The van der Waals surface area contributed by atoms with Crippen LogP contribution in [0.2, 0.25) is 0 Å². The van der Waals surface area contributed by atoms with Gasteiger partial charge in [-0.05, 0) is 25.5 Å². The molecular formula is C13H16N4. The van der Waals surface area contributed by atoms with Crippen molar-refractivity contribution < 1.29 is 0 Å². The smallest absolute Gasteiger partial charge is 0.175 e. The molecule has 0 saturated carbocycles. The van der Waals surface area contributed by atoms with Crippen molar-refractivity contribution in [2.75, 3.05) is 17.7 Å². The van der Waals surface area contributed by atoms with Crippen LogP contribution in [0.5, 0.6) is 0 Å². The van der Waals surface area contributed by atoms with Crippen LogP contribution in [-0.2, 0) is 0 Å². The van der Waals surface area contributed by atoms with Crippen LogP contribution in [0, 0.1) is 13.8 Å². The molecule has 4 nitrogen and oxygen atoms in total. The van der Waals surface area contributed by atoms with E-state index in [-0.39, 0.29) is 0 Å². The first kappa shape index (κ1) is 11.4. The van der Waals surface area contributed by atoms with E-state index in [0.717, 1.165) is 5.69 Å². The van der Waals surface area contributed by atoms with Crippen molar-refractivity contribution >= 4 is 17.3 Å². The normalized spacial score (nSPS) is 10.3. The molecular weight excluding hydrogens is 212 g/mol. The maximum Gasteiger partial charge on any atom is 0.175 e. The summed E-state index contributed by atoms with van der Waals surface area (Å²) in [5.41, 5.74) is 9.34. The average Bonchev–Trinajstić information content (AvgIpc) is 2.29. The van der Waals surface area contributed by atoms with Gasteiger partial charge >= 0.3 is 0 Å². The Kier molecular flexibility index (Phi) is 2.95. The highest BCUT2D eigenvalue weighted by atomic mass is 15.2. The van der Waals surface area contributed by atoms with Crippen LogP contribution in [-0.4, -0.2) is 17.0 Å². The Morgan fingerprint density at radius 1 is 1.12 bits per heavy atom. The third kappa shape index (κ3) is 2.20. The maximum atomic E-state index is 5.82. The zero-order valence-electron chi connectivity index (χ0n) is 10.3. The summed E-state index contributed by atoms with van der Waals surface area (Å²) in [6.07, 6.45) is 3.24. The minimum atomic E-state index is 0.440. The number of aromatic nitrogens is 2. The van der Waals surface area contributed by atoms with Gasteiger partial charge in [0.1, 0.15) is 0 Å². The number of nitrogens with zero attached hydrogens (tertiary/aromatic N) is 3. The molecule has 88 valence electrons. The van der Waals surface area contributed by atoms with Gasteiger partial charge in [-0.25, -0.2) is 9.97 Å². The molecule has 0 aliphatic rings. The van der Waals surface area contributed by atoms with Crippen LogP contribution >= 0.6 is 0 Å². The highest BCUT2D eigenvalue weighted by molar-refractivity contribution is 5.69. The Morgan fingerprint density at radius 2 is 1.82 bits per heavy atom. The van der Waals surface area contributed by atoms with E-state index < -0.39 is 0 Å². The van der Waals surface area contributed by atoms with E-state index in [1.54, 1.807) is 12.4 Å². The molecule has 0 amide bonds. The molecule has 17 heavy (non-hydrogen) atoms. The van der Waals surface area contributed by atoms with Gasteiger partial charge in [-0.15, -0.1) is 0 Å². The van der Waals surface area contributed by atoms with Gasteiger partial charge in [0, 0.05) is 25.1 Å². The molecule has 1 aromatic heterocycles. The summed E-state index contributed by atoms with van der Waals surface area (Å²) in [6.45, 7) is 4.15. The predicted octanol–water partition coefficient (Wildman–Crippen LogP) is 2.44. The summed E-state index contributed by atoms with van der Waals surface area (Å²) in [7, 11) is 1.94. The van der Waals surface area contributed by atoms with Gasteiger partial charge in [0.05, 0.1) is 0 Å². The van der Waals surface area contributed by atoms with Crippen molar-refractivity contribution in [2.45, 2.75) is 13.8 Å². The van der Waals surface area contributed by atoms with Crippen LogP contribution in [0.15, 0.2) is 30.6 Å². The third-order valence-corrected chi connectivity index (χ3v) is 2.74. The number of aryl methyl sites for hydroxylation is 2. The predicted molar refractivity (Wildman–Crippen MR) is 70.4 cm³/mol. The second-order valence-electron chi connectivity index (χ2n) is 4.11. The molecule has 2 rings (SSSR count). The van der Waals surface area contributed by atoms with Gasteiger partial charge in [-0.3, -0.25) is 0 Å². The monoisotopic (exact) mass is 228 g/mol. The van der Waals surface area contributed by atoms with Crippen molar-refractivity contribution in [3.8, 4) is 0 Å². The lowest BCUT2D eigenvalue weighted by Crippen LogP contribution is -2.15. The number of hydrogen-bond donors (Lipinski definition) is 1. The van der Waals surface area contributed by atoms with Gasteiger partial charge in [-0.1, -0.05) is 17.7 Å². The molecule has 0 aliphatic carbocycles. The van der Waals surface area contributed by atoms with Crippen molar-refractivity contribution in [2.24, 2.45) is 0 Å². The Hall–Kier alpha value is -2.10. The quantitative estimate of drug-likeness (QED) is 0.857. The highest BCUT2D eigenvalue weighted by Gasteiger charge is 2.11. The fraction of sp³-hybridized carbons (Fsp3) is 0.231. The van der Waals surface area contributed by atoms with Crippen LogP contribution in [0.25, 0.3) is 0 Å². The molecule has 2 aromatic rings. The van der Waals surface area contributed by atoms with E-state index in [4.69, 9.17) is 5.73 Å². The summed E-state index contributed by atoms with van der Waals surface area (Å²) >= 11 is 0. The highest BCUT2D eigenvalue weighted by Crippen LogP contribution is 2.28.